The van der Waals surface area contributed by atoms with Gasteiger partial charge in [0, 0.05) is 29.0 Å². The van der Waals surface area contributed by atoms with Crippen LogP contribution >= 0.6 is 22.6 Å². The molecule has 0 unspecified atom stereocenters. The molecule has 4 nitrogen and oxygen atoms in total. The fourth-order valence-corrected chi connectivity index (χ4v) is 1.63. The van der Waals surface area contributed by atoms with Crippen LogP contribution in [-0.2, 0) is 19.1 Å². The van der Waals surface area contributed by atoms with Crippen molar-refractivity contribution in [1.29, 1.82) is 0 Å². The average Bonchev–Trinajstić information content (AvgIpc) is 2.35. The Hall–Kier alpha value is -1.03. The highest BCUT2D eigenvalue weighted by molar-refractivity contribution is 14.1. The van der Waals surface area contributed by atoms with Crippen molar-refractivity contribution in [2.24, 2.45) is 5.41 Å². The lowest BCUT2D eigenvalue weighted by molar-refractivity contribution is -0.171. The second-order valence-electron chi connectivity index (χ2n) is 3.46. The lowest BCUT2D eigenvalue weighted by atomic mass is 9.81. The van der Waals surface area contributed by atoms with Gasteiger partial charge in [-0.25, -0.2) is 0 Å². The van der Waals surface area contributed by atoms with Crippen molar-refractivity contribution in [2.75, 3.05) is 13.2 Å². The average molecular weight is 364 g/mol. The molecule has 0 atom stereocenters. The third-order valence-corrected chi connectivity index (χ3v) is 2.66. The summed E-state index contributed by atoms with van der Waals surface area (Å²) >= 11 is 1.85. The summed E-state index contributed by atoms with van der Waals surface area (Å²) in [4.78, 5) is 24.1. The van der Waals surface area contributed by atoms with E-state index in [2.05, 4.69) is 16.4 Å². The van der Waals surface area contributed by atoms with Crippen molar-refractivity contribution in [2.45, 2.75) is 26.7 Å². The minimum absolute atomic E-state index is 0.0691. The highest BCUT2D eigenvalue weighted by Crippen LogP contribution is 2.31. The Labute approximate surface area is 121 Å². The van der Waals surface area contributed by atoms with Gasteiger partial charge in [-0.05, 0) is 24.2 Å². The number of hydrogen-bond donors (Lipinski definition) is 0. The van der Waals surface area contributed by atoms with Crippen molar-refractivity contribution in [3.63, 3.8) is 0 Å². The van der Waals surface area contributed by atoms with Crippen LogP contribution in [0.4, 0.5) is 0 Å². The number of ether oxygens (including phenoxy) is 2. The molecule has 0 N–H and O–H groups in total. The zero-order valence-electron chi connectivity index (χ0n) is 10.6. The number of allylic oxidation sites excluding steroid dienone is 1. The Morgan fingerprint density at radius 3 is 2.11 bits per heavy atom. The van der Waals surface area contributed by atoms with Crippen LogP contribution in [0.25, 0.3) is 0 Å². The highest BCUT2D eigenvalue weighted by atomic mass is 127. The Balaban J connectivity index is 5.36. The summed E-state index contributed by atoms with van der Waals surface area (Å²) in [5.74, 6) is 1.52. The highest BCUT2D eigenvalue weighted by Gasteiger charge is 2.47. The molecule has 0 aliphatic rings. The Morgan fingerprint density at radius 2 is 1.78 bits per heavy atom. The monoisotopic (exact) mass is 364 g/mol. The molecule has 0 aromatic rings. The molecule has 0 saturated carbocycles. The molecule has 0 aliphatic heterocycles. The molecular formula is C13H17IO4. The minimum atomic E-state index is -1.40. The lowest BCUT2D eigenvalue weighted by Crippen LogP contribution is -2.41. The molecule has 0 bridgehead atoms. The van der Waals surface area contributed by atoms with E-state index in [1.807, 2.05) is 22.6 Å². The van der Waals surface area contributed by atoms with E-state index in [1.54, 1.807) is 13.8 Å². The maximum atomic E-state index is 12.0. The molecule has 0 rings (SSSR count). The Bertz CT molecular complexity index is 347. The van der Waals surface area contributed by atoms with Gasteiger partial charge in [0.15, 0.2) is 5.41 Å². The SMILES string of the molecule is C=CCC(CC#CI)(C(=O)OCC)C(=O)OCC. The molecule has 100 valence electrons. The van der Waals surface area contributed by atoms with Gasteiger partial charge in [-0.1, -0.05) is 12.0 Å². The van der Waals surface area contributed by atoms with Crippen LogP contribution in [0.2, 0.25) is 0 Å². The van der Waals surface area contributed by atoms with Crippen LogP contribution in [0.15, 0.2) is 12.7 Å². The van der Waals surface area contributed by atoms with Crippen LogP contribution < -0.4 is 0 Å². The van der Waals surface area contributed by atoms with Crippen molar-refractivity contribution < 1.29 is 19.1 Å². The normalized spacial score (nSPS) is 9.94. The third kappa shape index (κ3) is 4.33. The van der Waals surface area contributed by atoms with Crippen molar-refractivity contribution in [1.82, 2.24) is 0 Å². The number of esters is 2. The molecule has 0 aliphatic carbocycles. The lowest BCUT2D eigenvalue weighted by Gasteiger charge is -2.25. The molecule has 0 spiro atoms. The molecule has 0 saturated heterocycles. The summed E-state index contributed by atoms with van der Waals surface area (Å²) < 4.78 is 12.6. The van der Waals surface area contributed by atoms with Crippen molar-refractivity contribution in [3.8, 4) is 9.85 Å². The summed E-state index contributed by atoms with van der Waals surface area (Å²) in [6.45, 7) is 7.35. The molecule has 0 aromatic carbocycles. The van der Waals surface area contributed by atoms with Gasteiger partial charge in [-0.3, -0.25) is 9.59 Å². The van der Waals surface area contributed by atoms with E-state index in [0.717, 1.165) is 0 Å². The molecule has 0 fully saturated rings. The molecule has 5 heteroatoms. The summed E-state index contributed by atoms with van der Waals surface area (Å²) in [5.41, 5.74) is -1.40. The van der Waals surface area contributed by atoms with E-state index in [1.165, 1.54) is 6.08 Å². The van der Waals surface area contributed by atoms with E-state index >= 15 is 0 Å². The van der Waals surface area contributed by atoms with Gasteiger partial charge in [0.1, 0.15) is 0 Å². The first-order valence-corrected chi connectivity index (χ1v) is 6.70. The summed E-state index contributed by atoms with van der Waals surface area (Å²) in [6, 6.07) is 0. The molecule has 0 amide bonds. The fraction of sp³-hybridized carbons (Fsp3) is 0.538. The largest absolute Gasteiger partial charge is 0.465 e. The minimum Gasteiger partial charge on any atom is -0.465 e. The fourth-order valence-electron chi connectivity index (χ4n) is 1.44. The number of halogens is 1. The molecule has 0 radical (unpaired) electrons. The van der Waals surface area contributed by atoms with E-state index in [0.29, 0.717) is 0 Å². The predicted octanol–water partition coefficient (Wildman–Crippen LogP) is 2.46. The summed E-state index contributed by atoms with van der Waals surface area (Å²) in [6.07, 6.45) is 1.72. The maximum absolute atomic E-state index is 12.0. The van der Waals surface area contributed by atoms with Gasteiger partial charge in [0.2, 0.25) is 0 Å². The van der Waals surface area contributed by atoms with Gasteiger partial charge in [-0.2, -0.15) is 0 Å². The summed E-state index contributed by atoms with van der Waals surface area (Å²) in [5, 5.41) is 0. The maximum Gasteiger partial charge on any atom is 0.324 e. The van der Waals surface area contributed by atoms with Gasteiger partial charge < -0.3 is 9.47 Å². The number of carbonyl (C=O) groups excluding carboxylic acids is 2. The Morgan fingerprint density at radius 1 is 1.28 bits per heavy atom. The van der Waals surface area contributed by atoms with Gasteiger partial charge >= 0.3 is 11.9 Å². The Kier molecular flexibility index (Phi) is 8.46. The second kappa shape index (κ2) is 8.97. The molecule has 18 heavy (non-hydrogen) atoms. The zero-order chi connectivity index (χ0) is 14.0. The smallest absolute Gasteiger partial charge is 0.324 e. The van der Waals surface area contributed by atoms with E-state index in [-0.39, 0.29) is 26.1 Å². The first-order valence-electron chi connectivity index (χ1n) is 5.62. The number of hydrogen-bond acceptors (Lipinski definition) is 4. The van der Waals surface area contributed by atoms with E-state index in [9.17, 15) is 9.59 Å². The van der Waals surface area contributed by atoms with Crippen LogP contribution in [0, 0.1) is 15.3 Å². The van der Waals surface area contributed by atoms with Crippen LogP contribution in [0.3, 0.4) is 0 Å². The van der Waals surface area contributed by atoms with Crippen LogP contribution in [0.5, 0.6) is 0 Å². The van der Waals surface area contributed by atoms with Gasteiger partial charge in [0.25, 0.3) is 0 Å². The number of carbonyl (C=O) groups is 2. The molecule has 0 aromatic heterocycles. The van der Waals surface area contributed by atoms with Crippen molar-refractivity contribution >= 4 is 34.5 Å². The predicted molar refractivity (Wildman–Crippen MR) is 76.9 cm³/mol. The molecule has 0 heterocycles. The number of rotatable bonds is 7. The van der Waals surface area contributed by atoms with E-state index < -0.39 is 17.4 Å². The van der Waals surface area contributed by atoms with Gasteiger partial charge in [0.05, 0.1) is 13.2 Å². The quantitative estimate of drug-likeness (QED) is 0.229. The van der Waals surface area contributed by atoms with Gasteiger partial charge in [-0.15, -0.1) is 6.58 Å². The van der Waals surface area contributed by atoms with Crippen LogP contribution in [-0.4, -0.2) is 25.2 Å². The summed E-state index contributed by atoms with van der Waals surface area (Å²) in [7, 11) is 0. The van der Waals surface area contributed by atoms with E-state index in [4.69, 9.17) is 9.47 Å². The second-order valence-corrected chi connectivity index (χ2v) is 4.00. The molecular weight excluding hydrogens is 347 g/mol. The third-order valence-electron chi connectivity index (χ3n) is 2.28. The van der Waals surface area contributed by atoms with Crippen molar-refractivity contribution in [3.05, 3.63) is 12.7 Å². The van der Waals surface area contributed by atoms with Crippen LogP contribution in [0.1, 0.15) is 26.7 Å². The first-order chi connectivity index (χ1) is 8.58. The standard InChI is InChI=1S/C13H17IO4/c1-4-8-13(9-7-10-14,11(15)17-5-2)12(16)18-6-3/h4H,1,5-6,8-9H2,2-3H3. The first kappa shape index (κ1) is 17.0. The topological polar surface area (TPSA) is 52.6 Å². The zero-order valence-corrected chi connectivity index (χ0v) is 12.8.